The topological polar surface area (TPSA) is 49.6 Å². The summed E-state index contributed by atoms with van der Waals surface area (Å²) in [5, 5.41) is 0. The summed E-state index contributed by atoms with van der Waals surface area (Å²) in [4.78, 5) is 16.2. The van der Waals surface area contributed by atoms with Crippen molar-refractivity contribution < 1.29 is 4.79 Å². The van der Waals surface area contributed by atoms with E-state index in [4.69, 9.17) is 5.73 Å². The molecule has 1 amide bonds. The minimum Gasteiger partial charge on any atom is -0.345 e. The van der Waals surface area contributed by atoms with Crippen molar-refractivity contribution in [2.75, 3.05) is 34.2 Å². The molecule has 0 atom stereocenters. The molecule has 0 aromatic rings. The second kappa shape index (κ2) is 5.83. The average Bonchev–Trinajstić information content (AvgIpc) is 2.13. The van der Waals surface area contributed by atoms with Crippen LogP contribution < -0.4 is 5.73 Å². The highest BCUT2D eigenvalue weighted by atomic mass is 16.2. The lowest BCUT2D eigenvalue weighted by atomic mass is 9.74. The van der Waals surface area contributed by atoms with Crippen molar-refractivity contribution in [3.63, 3.8) is 0 Å². The molecule has 2 N–H and O–H groups in total. The van der Waals surface area contributed by atoms with Gasteiger partial charge in [-0.3, -0.25) is 4.79 Å². The minimum atomic E-state index is -0.542. The number of amides is 1. The van der Waals surface area contributed by atoms with Crippen molar-refractivity contribution in [1.82, 2.24) is 9.80 Å². The highest BCUT2D eigenvalue weighted by Gasteiger charge is 2.41. The summed E-state index contributed by atoms with van der Waals surface area (Å²) in [5.74, 6) is 0.115. The van der Waals surface area contributed by atoms with Crippen LogP contribution in [0.3, 0.4) is 0 Å². The molecule has 0 saturated heterocycles. The first-order valence-corrected chi connectivity index (χ1v) is 6.19. The fourth-order valence-corrected chi connectivity index (χ4v) is 1.48. The second-order valence-electron chi connectivity index (χ2n) is 6.23. The quantitative estimate of drug-likeness (QED) is 0.761. The summed E-state index contributed by atoms with van der Waals surface area (Å²) in [7, 11) is 5.93. The van der Waals surface area contributed by atoms with Gasteiger partial charge < -0.3 is 15.5 Å². The SMILES string of the molecule is CN(C)CCCN(C)C(=O)C(C)(C)C(C)(C)N. The van der Waals surface area contributed by atoms with E-state index < -0.39 is 11.0 Å². The van der Waals surface area contributed by atoms with Gasteiger partial charge in [-0.05, 0) is 54.8 Å². The molecular formula is C13H29N3O. The van der Waals surface area contributed by atoms with Gasteiger partial charge in [0, 0.05) is 19.1 Å². The zero-order valence-electron chi connectivity index (χ0n) is 12.5. The summed E-state index contributed by atoms with van der Waals surface area (Å²) < 4.78 is 0. The molecule has 0 rings (SSSR count). The van der Waals surface area contributed by atoms with Crippen molar-refractivity contribution >= 4 is 5.91 Å². The molecule has 0 fully saturated rings. The van der Waals surface area contributed by atoms with Crippen LogP contribution in [0.25, 0.3) is 0 Å². The number of carbonyl (C=O) groups excluding carboxylic acids is 1. The third-order valence-corrected chi connectivity index (χ3v) is 3.59. The monoisotopic (exact) mass is 243 g/mol. The molecular weight excluding hydrogens is 214 g/mol. The molecule has 0 saturated carbocycles. The van der Waals surface area contributed by atoms with E-state index in [1.165, 1.54) is 0 Å². The number of nitrogens with zero attached hydrogens (tertiary/aromatic N) is 2. The summed E-state index contributed by atoms with van der Waals surface area (Å²) in [6, 6.07) is 0. The normalized spacial score (nSPS) is 13.0. The zero-order valence-corrected chi connectivity index (χ0v) is 12.5. The highest BCUT2D eigenvalue weighted by Crippen LogP contribution is 2.30. The number of carbonyl (C=O) groups is 1. The highest BCUT2D eigenvalue weighted by molar-refractivity contribution is 5.83. The molecule has 0 aliphatic heterocycles. The average molecular weight is 243 g/mol. The van der Waals surface area contributed by atoms with Gasteiger partial charge in [-0.1, -0.05) is 0 Å². The Morgan fingerprint density at radius 2 is 1.53 bits per heavy atom. The van der Waals surface area contributed by atoms with Crippen LogP contribution in [0.4, 0.5) is 0 Å². The first kappa shape index (κ1) is 16.4. The van der Waals surface area contributed by atoms with Crippen LogP contribution >= 0.6 is 0 Å². The Morgan fingerprint density at radius 1 is 1.06 bits per heavy atom. The van der Waals surface area contributed by atoms with Gasteiger partial charge in [0.1, 0.15) is 0 Å². The van der Waals surface area contributed by atoms with Crippen LogP contribution in [0.5, 0.6) is 0 Å². The summed E-state index contributed by atoms with van der Waals surface area (Å²) in [6.45, 7) is 9.40. The van der Waals surface area contributed by atoms with E-state index in [1.54, 1.807) is 4.90 Å². The minimum absolute atomic E-state index is 0.115. The predicted octanol–water partition coefficient (Wildman–Crippen LogP) is 1.16. The third-order valence-electron chi connectivity index (χ3n) is 3.59. The fourth-order valence-electron chi connectivity index (χ4n) is 1.48. The Labute approximate surface area is 106 Å². The Balaban J connectivity index is 4.40. The first-order valence-electron chi connectivity index (χ1n) is 6.19. The smallest absolute Gasteiger partial charge is 0.229 e. The summed E-state index contributed by atoms with van der Waals surface area (Å²) in [6.07, 6.45) is 0.982. The lowest BCUT2D eigenvalue weighted by Crippen LogP contribution is -2.56. The molecule has 4 heteroatoms. The van der Waals surface area contributed by atoms with Gasteiger partial charge in [-0.15, -0.1) is 0 Å². The van der Waals surface area contributed by atoms with Crippen molar-refractivity contribution in [3.05, 3.63) is 0 Å². The van der Waals surface area contributed by atoms with Gasteiger partial charge in [0.15, 0.2) is 0 Å². The zero-order chi connectivity index (χ0) is 13.9. The summed E-state index contributed by atoms with van der Waals surface area (Å²) in [5.41, 5.74) is 5.02. The van der Waals surface area contributed by atoms with Crippen LogP contribution in [0, 0.1) is 5.41 Å². The number of hydrogen-bond acceptors (Lipinski definition) is 3. The molecule has 0 bridgehead atoms. The third kappa shape index (κ3) is 4.64. The molecule has 0 aromatic carbocycles. The Kier molecular flexibility index (Phi) is 5.62. The maximum atomic E-state index is 12.3. The van der Waals surface area contributed by atoms with E-state index in [9.17, 15) is 4.79 Å². The summed E-state index contributed by atoms with van der Waals surface area (Å²) >= 11 is 0. The molecule has 102 valence electrons. The van der Waals surface area contributed by atoms with Crippen LogP contribution in [-0.2, 0) is 4.79 Å². The molecule has 0 aliphatic rings. The van der Waals surface area contributed by atoms with E-state index >= 15 is 0 Å². The molecule has 0 unspecified atom stereocenters. The van der Waals surface area contributed by atoms with Crippen molar-refractivity contribution in [2.24, 2.45) is 11.1 Å². The molecule has 0 radical (unpaired) electrons. The molecule has 4 nitrogen and oxygen atoms in total. The van der Waals surface area contributed by atoms with Crippen LogP contribution in [0.2, 0.25) is 0 Å². The largest absolute Gasteiger partial charge is 0.345 e. The van der Waals surface area contributed by atoms with Crippen molar-refractivity contribution in [2.45, 2.75) is 39.7 Å². The van der Waals surface area contributed by atoms with Gasteiger partial charge >= 0.3 is 0 Å². The van der Waals surface area contributed by atoms with Crippen molar-refractivity contribution in [1.29, 1.82) is 0 Å². The van der Waals surface area contributed by atoms with Crippen LogP contribution in [-0.4, -0.2) is 55.5 Å². The number of nitrogens with two attached hydrogens (primary N) is 1. The Bertz CT molecular complexity index is 254. The first-order chi connectivity index (χ1) is 7.50. The molecule has 0 spiro atoms. The van der Waals surface area contributed by atoms with Gasteiger partial charge in [0.25, 0.3) is 0 Å². The van der Waals surface area contributed by atoms with Crippen LogP contribution in [0.1, 0.15) is 34.1 Å². The van der Waals surface area contributed by atoms with E-state index in [-0.39, 0.29) is 5.91 Å². The van der Waals surface area contributed by atoms with Gasteiger partial charge in [0.2, 0.25) is 5.91 Å². The fraction of sp³-hybridized carbons (Fsp3) is 0.923. The van der Waals surface area contributed by atoms with Gasteiger partial charge in [-0.25, -0.2) is 0 Å². The van der Waals surface area contributed by atoms with Gasteiger partial charge in [-0.2, -0.15) is 0 Å². The molecule has 0 heterocycles. The number of rotatable bonds is 6. The lowest BCUT2D eigenvalue weighted by molar-refractivity contribution is -0.142. The maximum Gasteiger partial charge on any atom is 0.229 e. The van der Waals surface area contributed by atoms with Crippen molar-refractivity contribution in [3.8, 4) is 0 Å². The van der Waals surface area contributed by atoms with E-state index in [1.807, 2.05) is 48.8 Å². The Morgan fingerprint density at radius 3 is 1.88 bits per heavy atom. The molecule has 17 heavy (non-hydrogen) atoms. The standard InChI is InChI=1S/C13H29N3O/c1-12(2,13(3,4)14)11(17)16(7)10-8-9-15(5)6/h8-10,14H2,1-7H3. The maximum absolute atomic E-state index is 12.3. The lowest BCUT2D eigenvalue weighted by Gasteiger charge is -2.39. The van der Waals surface area contributed by atoms with Gasteiger partial charge in [0.05, 0.1) is 5.41 Å². The predicted molar refractivity (Wildman–Crippen MR) is 72.9 cm³/mol. The Hall–Kier alpha value is -0.610. The molecule has 0 aromatic heterocycles. The second-order valence-corrected chi connectivity index (χ2v) is 6.23. The van der Waals surface area contributed by atoms with E-state index in [2.05, 4.69) is 4.90 Å². The molecule has 0 aliphatic carbocycles. The van der Waals surface area contributed by atoms with Crippen LogP contribution in [0.15, 0.2) is 0 Å². The van der Waals surface area contributed by atoms with E-state index in [0.717, 1.165) is 19.5 Å². The number of hydrogen-bond donors (Lipinski definition) is 1. The van der Waals surface area contributed by atoms with E-state index in [0.29, 0.717) is 0 Å².